The zero-order chi connectivity index (χ0) is 39.7. The Bertz CT molecular complexity index is 1030. The highest BCUT2D eigenvalue weighted by Crippen LogP contribution is 2.31. The molecule has 0 amide bonds. The molecule has 7 atom stereocenters. The Labute approximate surface area is 336 Å². The Balaban J connectivity index is 0. The number of epoxide rings is 2. The SMILES string of the molecule is C.C.CCCCCC(O)/C=C/C1OC1CCCCCCC(C)(C)C(=O)O.CCCCCC(O)/C=C/C1OC1CCCCCCC(C)(C)C(=O)OCC(O)CO. The zero-order valence-electron chi connectivity index (χ0n) is 34.2. The van der Waals surface area contributed by atoms with Gasteiger partial charge in [-0.3, -0.25) is 9.59 Å². The molecular formula is C45H86O10. The fourth-order valence-electron chi connectivity index (χ4n) is 6.15. The van der Waals surface area contributed by atoms with Crippen molar-refractivity contribution in [3.63, 3.8) is 0 Å². The molecule has 0 aromatic rings. The second-order valence-corrected chi connectivity index (χ2v) is 16.6. The molecule has 0 aromatic heterocycles. The van der Waals surface area contributed by atoms with Gasteiger partial charge in [0.05, 0.1) is 41.9 Å². The van der Waals surface area contributed by atoms with Gasteiger partial charge in [-0.2, -0.15) is 0 Å². The average Bonchev–Trinajstić information content (AvgIpc) is 4.05. The van der Waals surface area contributed by atoms with Gasteiger partial charge in [0.25, 0.3) is 0 Å². The number of esters is 1. The van der Waals surface area contributed by atoms with Gasteiger partial charge in [0.15, 0.2) is 0 Å². The number of aliphatic hydroxyl groups excluding tert-OH is 4. The molecule has 0 bridgehead atoms. The molecule has 326 valence electrons. The highest BCUT2D eigenvalue weighted by molar-refractivity contribution is 5.75. The van der Waals surface area contributed by atoms with Crippen LogP contribution in [-0.2, 0) is 23.8 Å². The molecule has 2 fully saturated rings. The fraction of sp³-hybridized carbons (Fsp3) is 0.867. The lowest BCUT2D eigenvalue weighted by atomic mass is 9.87. The number of ether oxygens (including phenoxy) is 3. The molecule has 10 nitrogen and oxygen atoms in total. The van der Waals surface area contributed by atoms with Crippen molar-refractivity contribution in [1.29, 1.82) is 0 Å². The molecule has 2 aliphatic heterocycles. The van der Waals surface area contributed by atoms with Gasteiger partial charge >= 0.3 is 11.9 Å². The van der Waals surface area contributed by atoms with Crippen molar-refractivity contribution < 1.29 is 49.3 Å². The van der Waals surface area contributed by atoms with Crippen molar-refractivity contribution in [1.82, 2.24) is 0 Å². The summed E-state index contributed by atoms with van der Waals surface area (Å²) in [5, 5.41) is 46.8. The summed E-state index contributed by atoms with van der Waals surface area (Å²) in [5.74, 6) is -1.04. The third-order valence-electron chi connectivity index (χ3n) is 10.3. The van der Waals surface area contributed by atoms with Crippen LogP contribution in [0.5, 0.6) is 0 Å². The number of aliphatic carboxylic acids is 1. The summed E-state index contributed by atoms with van der Waals surface area (Å²) >= 11 is 0. The van der Waals surface area contributed by atoms with Crippen LogP contribution in [0.1, 0.15) is 185 Å². The van der Waals surface area contributed by atoms with E-state index in [2.05, 4.69) is 13.8 Å². The number of aliphatic hydroxyl groups is 4. The number of unbranched alkanes of at least 4 members (excludes halogenated alkanes) is 10. The molecule has 5 N–H and O–H groups in total. The molecule has 2 rings (SSSR count). The molecule has 0 radical (unpaired) electrons. The van der Waals surface area contributed by atoms with Gasteiger partial charge in [0, 0.05) is 0 Å². The van der Waals surface area contributed by atoms with Crippen LogP contribution >= 0.6 is 0 Å². The van der Waals surface area contributed by atoms with Crippen molar-refractivity contribution in [2.75, 3.05) is 13.2 Å². The number of hydrogen-bond donors (Lipinski definition) is 5. The van der Waals surface area contributed by atoms with E-state index in [4.69, 9.17) is 24.4 Å². The van der Waals surface area contributed by atoms with Crippen LogP contribution in [0.4, 0.5) is 0 Å². The minimum absolute atomic E-state index is 0. The average molecular weight is 787 g/mol. The fourth-order valence-corrected chi connectivity index (χ4v) is 6.15. The first-order chi connectivity index (χ1) is 25.2. The van der Waals surface area contributed by atoms with Crippen LogP contribution in [0.25, 0.3) is 0 Å². The van der Waals surface area contributed by atoms with Crippen LogP contribution < -0.4 is 0 Å². The Kier molecular flexibility index (Phi) is 31.4. The number of rotatable bonds is 31. The minimum atomic E-state index is -1.01. The predicted octanol–water partition coefficient (Wildman–Crippen LogP) is 9.49. The minimum Gasteiger partial charge on any atom is -0.481 e. The summed E-state index contributed by atoms with van der Waals surface area (Å²) in [5.41, 5.74) is -1.18. The standard InChI is InChI=1S/C23H42O6.C20H36O4.2CH4/c1-4-5-8-11-18(25)13-14-21-20(29-21)12-9-6-7-10-15-23(2,3)22(27)28-17-19(26)16-24;1-4-5-8-11-16(21)13-14-18-17(24-18)12-9-6-7-10-15-20(2,3)19(22)23;;/h13-14,18-21,24-26H,4-12,15-17H2,1-3H3;13-14,16-18,21H,4-12,15H2,1-3H3,(H,22,23);2*1H4/b2*14-13+;;. The van der Waals surface area contributed by atoms with E-state index >= 15 is 0 Å². The Morgan fingerprint density at radius 1 is 0.655 bits per heavy atom. The lowest BCUT2D eigenvalue weighted by Crippen LogP contribution is -2.30. The van der Waals surface area contributed by atoms with Gasteiger partial charge in [-0.15, -0.1) is 0 Å². The number of carboxylic acids is 1. The van der Waals surface area contributed by atoms with Crippen LogP contribution in [-0.4, -0.2) is 93.4 Å². The second-order valence-electron chi connectivity index (χ2n) is 16.6. The second kappa shape index (κ2) is 31.2. The van der Waals surface area contributed by atoms with Crippen molar-refractivity contribution in [2.45, 2.75) is 228 Å². The quantitative estimate of drug-likeness (QED) is 0.0197. The highest BCUT2D eigenvalue weighted by atomic mass is 16.6. The molecule has 2 saturated heterocycles. The van der Waals surface area contributed by atoms with Crippen LogP contribution in [0.2, 0.25) is 0 Å². The predicted molar refractivity (Wildman–Crippen MR) is 224 cm³/mol. The summed E-state index contributed by atoms with van der Waals surface area (Å²) in [6.45, 7) is 11.0. The largest absolute Gasteiger partial charge is 0.481 e. The summed E-state index contributed by atoms with van der Waals surface area (Å²) in [4.78, 5) is 23.1. The number of carboxylic acid groups (broad SMARTS) is 1. The molecule has 0 aliphatic carbocycles. The molecular weight excluding hydrogens is 700 g/mol. The van der Waals surface area contributed by atoms with E-state index in [1.54, 1.807) is 13.8 Å². The molecule has 7 unspecified atom stereocenters. The lowest BCUT2D eigenvalue weighted by Gasteiger charge is -2.23. The van der Waals surface area contributed by atoms with E-state index in [0.29, 0.717) is 12.2 Å². The van der Waals surface area contributed by atoms with E-state index in [1.807, 2.05) is 38.2 Å². The van der Waals surface area contributed by atoms with Crippen molar-refractivity contribution in [3.05, 3.63) is 24.3 Å². The van der Waals surface area contributed by atoms with E-state index in [1.165, 1.54) is 25.7 Å². The monoisotopic (exact) mass is 787 g/mol. The van der Waals surface area contributed by atoms with Crippen LogP contribution in [0.3, 0.4) is 0 Å². The maximum absolute atomic E-state index is 12.1. The van der Waals surface area contributed by atoms with Crippen LogP contribution in [0.15, 0.2) is 24.3 Å². The summed E-state index contributed by atoms with van der Waals surface area (Å²) in [6, 6.07) is 0. The third kappa shape index (κ3) is 27.5. The first-order valence-electron chi connectivity index (χ1n) is 20.9. The first-order valence-corrected chi connectivity index (χ1v) is 20.9. The normalized spacial score (nSPS) is 20.8. The number of carbonyl (C=O) groups is 2. The summed E-state index contributed by atoms with van der Waals surface area (Å²) in [6.07, 6.45) is 27.6. The zero-order valence-corrected chi connectivity index (χ0v) is 34.2. The lowest BCUT2D eigenvalue weighted by molar-refractivity contribution is -0.158. The molecule has 2 aliphatic rings. The van der Waals surface area contributed by atoms with E-state index in [9.17, 15) is 24.9 Å². The Morgan fingerprint density at radius 2 is 1.07 bits per heavy atom. The summed E-state index contributed by atoms with van der Waals surface area (Å²) in [7, 11) is 0. The van der Waals surface area contributed by atoms with E-state index in [-0.39, 0.29) is 51.8 Å². The molecule has 2 heterocycles. The maximum atomic E-state index is 12.1. The smallest absolute Gasteiger partial charge is 0.311 e. The molecule has 0 aromatic carbocycles. The van der Waals surface area contributed by atoms with Gasteiger partial charge in [0.1, 0.15) is 24.9 Å². The van der Waals surface area contributed by atoms with Gasteiger partial charge in [-0.1, -0.05) is 143 Å². The van der Waals surface area contributed by atoms with Crippen LogP contribution in [0, 0.1) is 10.8 Å². The first kappa shape index (κ1) is 55.3. The Hall–Kier alpha value is -1.82. The topological polar surface area (TPSA) is 170 Å². The molecule has 0 saturated carbocycles. The number of carbonyl (C=O) groups excluding carboxylic acids is 1. The Morgan fingerprint density at radius 3 is 1.47 bits per heavy atom. The van der Waals surface area contributed by atoms with E-state index < -0.39 is 29.5 Å². The summed E-state index contributed by atoms with van der Waals surface area (Å²) < 4.78 is 16.3. The van der Waals surface area contributed by atoms with Gasteiger partial charge in [-0.05, 0) is 66.2 Å². The van der Waals surface area contributed by atoms with Crippen molar-refractivity contribution in [3.8, 4) is 0 Å². The highest BCUT2D eigenvalue weighted by Gasteiger charge is 2.36. The van der Waals surface area contributed by atoms with Gasteiger partial charge in [-0.25, -0.2) is 0 Å². The number of hydrogen-bond acceptors (Lipinski definition) is 9. The molecule has 10 heteroatoms. The maximum Gasteiger partial charge on any atom is 0.311 e. The van der Waals surface area contributed by atoms with Gasteiger partial charge in [0.2, 0.25) is 0 Å². The molecule has 0 spiro atoms. The van der Waals surface area contributed by atoms with Gasteiger partial charge < -0.3 is 39.7 Å². The molecule has 55 heavy (non-hydrogen) atoms. The van der Waals surface area contributed by atoms with Crippen molar-refractivity contribution >= 4 is 11.9 Å². The van der Waals surface area contributed by atoms with Crippen molar-refractivity contribution in [2.24, 2.45) is 10.8 Å². The third-order valence-corrected chi connectivity index (χ3v) is 10.3. The van der Waals surface area contributed by atoms with E-state index in [0.717, 1.165) is 103 Å².